The van der Waals surface area contributed by atoms with E-state index in [2.05, 4.69) is 5.32 Å². The summed E-state index contributed by atoms with van der Waals surface area (Å²) in [4.78, 5) is 33.0. The van der Waals surface area contributed by atoms with Gasteiger partial charge in [-0.1, -0.05) is 0 Å². The van der Waals surface area contributed by atoms with Crippen LogP contribution in [-0.4, -0.2) is 32.5 Å². The Morgan fingerprint density at radius 3 is 2.70 bits per heavy atom. The van der Waals surface area contributed by atoms with Crippen molar-refractivity contribution in [3.8, 4) is 0 Å². The number of hydrogen-bond donors (Lipinski definition) is 2. The number of nitro groups is 1. The van der Waals surface area contributed by atoms with Crippen LogP contribution in [0.3, 0.4) is 0 Å². The van der Waals surface area contributed by atoms with Gasteiger partial charge in [-0.05, 0) is 19.3 Å². The van der Waals surface area contributed by atoms with Crippen molar-refractivity contribution < 1.29 is 19.6 Å². The Morgan fingerprint density at radius 1 is 1.50 bits per heavy atom. The highest BCUT2D eigenvalue weighted by Crippen LogP contribution is 2.26. The molecule has 1 fully saturated rings. The van der Waals surface area contributed by atoms with Crippen LogP contribution in [0.5, 0.6) is 0 Å². The minimum atomic E-state index is -0.851. The van der Waals surface area contributed by atoms with Crippen LogP contribution in [0.25, 0.3) is 0 Å². The number of nitrogens with one attached hydrogen (secondary N) is 1. The molecule has 2 N–H and O–H groups in total. The Hall–Kier alpha value is -2.38. The molecule has 1 aromatic rings. The number of rotatable bonds is 4. The summed E-state index contributed by atoms with van der Waals surface area (Å²) < 4.78 is 1.39. The highest BCUT2D eigenvalue weighted by molar-refractivity contribution is 5.93. The summed E-state index contributed by atoms with van der Waals surface area (Å²) in [7, 11) is 1.55. The number of amides is 1. The summed E-state index contributed by atoms with van der Waals surface area (Å²) in [5.41, 5.74) is 0.0444. The molecule has 2 rings (SSSR count). The van der Waals surface area contributed by atoms with Gasteiger partial charge in [0.2, 0.25) is 0 Å². The molecule has 108 valence electrons. The Kier molecular flexibility index (Phi) is 3.73. The maximum atomic E-state index is 12.0. The third-order valence-corrected chi connectivity index (χ3v) is 3.55. The van der Waals surface area contributed by atoms with Gasteiger partial charge in [0.1, 0.15) is 5.69 Å². The molecule has 1 heterocycles. The van der Waals surface area contributed by atoms with E-state index in [1.54, 1.807) is 7.05 Å². The van der Waals surface area contributed by atoms with Gasteiger partial charge in [-0.15, -0.1) is 0 Å². The smallest absolute Gasteiger partial charge is 0.306 e. The lowest BCUT2D eigenvalue weighted by atomic mass is 10.1. The second kappa shape index (κ2) is 5.32. The number of carboxylic acid groups (broad SMARTS) is 1. The maximum absolute atomic E-state index is 12.0. The fraction of sp³-hybridized carbons (Fsp3) is 0.500. The lowest BCUT2D eigenvalue weighted by Crippen LogP contribution is -2.34. The van der Waals surface area contributed by atoms with Crippen LogP contribution < -0.4 is 5.32 Å². The van der Waals surface area contributed by atoms with E-state index < -0.39 is 22.7 Å². The molecular weight excluding hydrogens is 266 g/mol. The van der Waals surface area contributed by atoms with E-state index in [4.69, 9.17) is 5.11 Å². The first-order chi connectivity index (χ1) is 9.38. The third kappa shape index (κ3) is 2.79. The van der Waals surface area contributed by atoms with Crippen molar-refractivity contribution in [2.45, 2.75) is 25.3 Å². The highest BCUT2D eigenvalue weighted by Gasteiger charge is 2.31. The number of carboxylic acids is 1. The second-order valence-electron chi connectivity index (χ2n) is 4.97. The predicted octanol–water partition coefficient (Wildman–Crippen LogP) is 0.916. The molecule has 1 aliphatic rings. The van der Waals surface area contributed by atoms with E-state index in [-0.39, 0.29) is 17.4 Å². The van der Waals surface area contributed by atoms with Gasteiger partial charge < -0.3 is 15.0 Å². The van der Waals surface area contributed by atoms with Crippen molar-refractivity contribution in [3.63, 3.8) is 0 Å². The molecule has 0 saturated heterocycles. The standard InChI is InChI=1S/C12H15N3O5/c1-14-6-9(15(19)20)5-10(14)11(16)13-8-3-2-7(4-8)12(17)18/h5-8H,2-4H2,1H3,(H,13,16)(H,17,18)/t7-,8+/m1/s1. The van der Waals surface area contributed by atoms with E-state index in [0.717, 1.165) is 0 Å². The average molecular weight is 281 g/mol. The van der Waals surface area contributed by atoms with E-state index in [1.165, 1.54) is 16.8 Å². The lowest BCUT2D eigenvalue weighted by molar-refractivity contribution is -0.384. The van der Waals surface area contributed by atoms with E-state index >= 15 is 0 Å². The first kappa shape index (κ1) is 14.0. The van der Waals surface area contributed by atoms with Crippen molar-refractivity contribution in [3.05, 3.63) is 28.1 Å². The molecule has 0 spiro atoms. The zero-order chi connectivity index (χ0) is 14.9. The summed E-state index contributed by atoms with van der Waals surface area (Å²) in [6, 6.07) is 1.01. The molecule has 1 aliphatic carbocycles. The van der Waals surface area contributed by atoms with E-state index in [9.17, 15) is 19.7 Å². The van der Waals surface area contributed by atoms with Gasteiger partial charge >= 0.3 is 5.97 Å². The molecule has 0 bridgehead atoms. The fourth-order valence-corrected chi connectivity index (χ4v) is 2.47. The largest absolute Gasteiger partial charge is 0.481 e. The lowest BCUT2D eigenvalue weighted by Gasteiger charge is -2.12. The molecule has 1 saturated carbocycles. The van der Waals surface area contributed by atoms with Crippen molar-refractivity contribution >= 4 is 17.6 Å². The van der Waals surface area contributed by atoms with E-state index in [0.29, 0.717) is 19.3 Å². The van der Waals surface area contributed by atoms with Crippen molar-refractivity contribution in [1.29, 1.82) is 0 Å². The van der Waals surface area contributed by atoms with E-state index in [1.807, 2.05) is 0 Å². The monoisotopic (exact) mass is 281 g/mol. The normalized spacial score (nSPS) is 21.6. The quantitative estimate of drug-likeness (QED) is 0.629. The highest BCUT2D eigenvalue weighted by atomic mass is 16.6. The molecule has 1 amide bonds. The average Bonchev–Trinajstić information content (AvgIpc) is 2.95. The third-order valence-electron chi connectivity index (χ3n) is 3.55. The van der Waals surface area contributed by atoms with Gasteiger partial charge in [0.25, 0.3) is 11.6 Å². The molecule has 0 aliphatic heterocycles. The number of hydrogen-bond acceptors (Lipinski definition) is 4. The van der Waals surface area contributed by atoms with Crippen LogP contribution in [0, 0.1) is 16.0 Å². The number of nitrogens with zero attached hydrogens (tertiary/aromatic N) is 2. The first-order valence-electron chi connectivity index (χ1n) is 6.23. The summed E-state index contributed by atoms with van der Waals surface area (Å²) in [6.45, 7) is 0. The Bertz CT molecular complexity index is 565. The Labute approximate surface area is 114 Å². The molecule has 0 aromatic carbocycles. The first-order valence-corrected chi connectivity index (χ1v) is 6.23. The molecule has 0 radical (unpaired) electrons. The van der Waals surface area contributed by atoms with Crippen LogP contribution in [0.15, 0.2) is 12.3 Å². The van der Waals surface area contributed by atoms with Crippen LogP contribution in [0.4, 0.5) is 5.69 Å². The van der Waals surface area contributed by atoms with Gasteiger partial charge in [0.15, 0.2) is 0 Å². The summed E-state index contributed by atoms with van der Waals surface area (Å²) in [5, 5.41) is 22.3. The maximum Gasteiger partial charge on any atom is 0.306 e. The molecular formula is C12H15N3O5. The van der Waals surface area contributed by atoms with Crippen molar-refractivity contribution in [1.82, 2.24) is 9.88 Å². The summed E-state index contributed by atoms with van der Waals surface area (Å²) in [5.74, 6) is -1.70. The van der Waals surface area contributed by atoms with Crippen LogP contribution >= 0.6 is 0 Å². The zero-order valence-corrected chi connectivity index (χ0v) is 10.9. The topological polar surface area (TPSA) is 114 Å². The number of aromatic nitrogens is 1. The Balaban J connectivity index is 2.02. The molecule has 1 aromatic heterocycles. The fourth-order valence-electron chi connectivity index (χ4n) is 2.47. The molecule has 2 atom stereocenters. The predicted molar refractivity (Wildman–Crippen MR) is 68.3 cm³/mol. The number of carbonyl (C=O) groups is 2. The van der Waals surface area contributed by atoms with Crippen molar-refractivity contribution in [2.24, 2.45) is 13.0 Å². The SMILES string of the molecule is Cn1cc([N+](=O)[O-])cc1C(=O)N[C@H]1CC[C@@H](C(=O)O)C1. The van der Waals surface area contributed by atoms with Crippen LogP contribution in [0.2, 0.25) is 0 Å². The minimum Gasteiger partial charge on any atom is -0.481 e. The number of carbonyl (C=O) groups excluding carboxylic acids is 1. The summed E-state index contributed by atoms with van der Waals surface area (Å²) in [6.07, 6.45) is 2.81. The van der Waals surface area contributed by atoms with Gasteiger partial charge in [-0.25, -0.2) is 0 Å². The van der Waals surface area contributed by atoms with Gasteiger partial charge in [-0.2, -0.15) is 0 Å². The van der Waals surface area contributed by atoms with Gasteiger partial charge in [-0.3, -0.25) is 19.7 Å². The summed E-state index contributed by atoms with van der Waals surface area (Å²) >= 11 is 0. The molecule has 20 heavy (non-hydrogen) atoms. The number of aryl methyl sites for hydroxylation is 1. The van der Waals surface area contributed by atoms with Crippen molar-refractivity contribution in [2.75, 3.05) is 0 Å². The second-order valence-corrected chi connectivity index (χ2v) is 4.97. The number of aliphatic carboxylic acids is 1. The van der Waals surface area contributed by atoms with Crippen LogP contribution in [0.1, 0.15) is 29.8 Å². The van der Waals surface area contributed by atoms with Gasteiger partial charge in [0, 0.05) is 19.2 Å². The molecule has 0 unspecified atom stereocenters. The van der Waals surface area contributed by atoms with Gasteiger partial charge in [0.05, 0.1) is 17.0 Å². The molecule has 8 nitrogen and oxygen atoms in total. The molecule has 8 heteroatoms. The minimum absolute atomic E-state index is 0.146. The zero-order valence-electron chi connectivity index (χ0n) is 10.9. The Morgan fingerprint density at radius 2 is 2.20 bits per heavy atom. The van der Waals surface area contributed by atoms with Crippen LogP contribution in [-0.2, 0) is 11.8 Å².